The number of aliphatic hydroxyl groups is 5. The molecule has 0 aromatic heterocycles. The maximum absolute atomic E-state index is 10.9. The summed E-state index contributed by atoms with van der Waals surface area (Å²) in [5.41, 5.74) is 0. The highest BCUT2D eigenvalue weighted by Gasteiger charge is 2.42. The Hall–Kier alpha value is -1.83. The molecule has 1 fully saturated rings. The molecule has 0 aliphatic carbocycles. The Labute approximate surface area is 146 Å². The Morgan fingerprint density at radius 3 is 2.19 bits per heavy atom. The van der Waals surface area contributed by atoms with Crippen LogP contribution in [0.5, 0.6) is 5.75 Å². The quantitative estimate of drug-likeness (QED) is 0.183. The van der Waals surface area contributed by atoms with Crippen molar-refractivity contribution in [3.8, 4) is 5.75 Å². The summed E-state index contributed by atoms with van der Waals surface area (Å²) in [5.74, 6) is 0.0141. The van der Waals surface area contributed by atoms with Crippen molar-refractivity contribution in [2.24, 2.45) is 0 Å². The van der Waals surface area contributed by atoms with Crippen LogP contribution in [0, 0.1) is 10.1 Å². The number of phosphoric acid groups is 1. The number of aliphatic hydroxyl groups excluding tert-OH is 5. The zero-order valence-electron chi connectivity index (χ0n) is 13.0. The van der Waals surface area contributed by atoms with Gasteiger partial charge in [0.15, 0.2) is 6.29 Å². The molecule has 0 amide bonds. The average molecular weight is 399 g/mol. The van der Waals surface area contributed by atoms with E-state index in [9.17, 15) is 14.7 Å². The van der Waals surface area contributed by atoms with Crippen molar-refractivity contribution < 1.29 is 54.0 Å². The Kier molecular flexibility index (Phi) is 8.33. The van der Waals surface area contributed by atoms with E-state index >= 15 is 0 Å². The van der Waals surface area contributed by atoms with Gasteiger partial charge in [0.2, 0.25) is 0 Å². The molecule has 6 atom stereocenters. The molecule has 1 saturated heterocycles. The van der Waals surface area contributed by atoms with E-state index in [1.165, 1.54) is 12.1 Å². The highest BCUT2D eigenvalue weighted by atomic mass is 31.2. The van der Waals surface area contributed by atoms with Crippen molar-refractivity contribution in [2.75, 3.05) is 6.61 Å². The van der Waals surface area contributed by atoms with E-state index in [0.717, 1.165) is 0 Å². The van der Waals surface area contributed by atoms with Gasteiger partial charge < -0.3 is 34.8 Å². The predicted octanol–water partition coefficient (Wildman–Crippen LogP) is -1.85. The van der Waals surface area contributed by atoms with Crippen LogP contribution in [0.15, 0.2) is 30.3 Å². The van der Waals surface area contributed by atoms with Gasteiger partial charge in [-0.05, 0) is 12.1 Å². The first-order valence-electron chi connectivity index (χ1n) is 6.97. The van der Waals surface area contributed by atoms with Crippen LogP contribution in [0.4, 0.5) is 0 Å². The fourth-order valence-corrected chi connectivity index (χ4v) is 2.39. The lowest BCUT2D eigenvalue weighted by Gasteiger charge is -2.37. The van der Waals surface area contributed by atoms with Crippen LogP contribution in [-0.4, -0.2) is 72.8 Å². The lowest BCUT2D eigenvalue weighted by molar-refractivity contribution is -0.717. The second kappa shape index (κ2) is 9.75. The first kappa shape index (κ1) is 22.2. The Morgan fingerprint density at radius 2 is 1.69 bits per heavy atom. The number of hydrogen-bond acceptors (Lipinski definition) is 11. The number of hydrogen-bond donors (Lipinski definition) is 6. The third-order valence-corrected chi connectivity index (χ3v) is 3.78. The monoisotopic (exact) mass is 399 g/mol. The zero-order valence-corrected chi connectivity index (χ0v) is 13.9. The summed E-state index contributed by atoms with van der Waals surface area (Å²) >= 11 is 0. The lowest BCUT2D eigenvalue weighted by atomic mass is 10.00. The summed E-state index contributed by atoms with van der Waals surface area (Å²) in [6.07, 6.45) is -7.04. The van der Waals surface area contributed by atoms with E-state index < -0.39 is 50.2 Å². The third-order valence-electron chi connectivity index (χ3n) is 3.00. The van der Waals surface area contributed by atoms with E-state index in [1.54, 1.807) is 18.2 Å². The maximum Gasteiger partial charge on any atom is 0.557 e. The second-order valence-corrected chi connectivity index (χ2v) is 6.18. The van der Waals surface area contributed by atoms with Crippen LogP contribution in [-0.2, 0) is 13.9 Å². The van der Waals surface area contributed by atoms with Crippen molar-refractivity contribution in [3.63, 3.8) is 0 Å². The van der Waals surface area contributed by atoms with Crippen molar-refractivity contribution in [1.82, 2.24) is 0 Å². The summed E-state index contributed by atoms with van der Waals surface area (Å²) < 4.78 is 23.3. The van der Waals surface area contributed by atoms with Crippen molar-refractivity contribution in [3.05, 3.63) is 40.4 Å². The van der Waals surface area contributed by atoms with Crippen molar-refractivity contribution >= 4 is 7.82 Å². The molecule has 0 saturated carbocycles. The van der Waals surface area contributed by atoms with Crippen LogP contribution in [0.3, 0.4) is 0 Å². The Bertz CT molecular complexity index is 611. The van der Waals surface area contributed by atoms with Crippen LogP contribution in [0.2, 0.25) is 0 Å². The third kappa shape index (κ3) is 6.82. The molecule has 6 N–H and O–H groups in total. The summed E-state index contributed by atoms with van der Waals surface area (Å²) in [6.45, 7) is -0.526. The average Bonchev–Trinajstić information content (AvgIpc) is 2.56. The van der Waals surface area contributed by atoms with Gasteiger partial charge in [0.05, 0.1) is 6.61 Å². The molecule has 1 aromatic rings. The normalized spacial score (nSPS) is 30.3. The first-order valence-corrected chi connectivity index (χ1v) is 8.47. The molecule has 148 valence electrons. The van der Waals surface area contributed by atoms with Gasteiger partial charge in [-0.2, -0.15) is 4.62 Å². The Morgan fingerprint density at radius 1 is 1.12 bits per heavy atom. The number of para-hydroxylation sites is 1. The van der Waals surface area contributed by atoms with Gasteiger partial charge in [-0.25, -0.2) is 4.57 Å². The first-order chi connectivity index (χ1) is 12.1. The van der Waals surface area contributed by atoms with Crippen LogP contribution < -0.4 is 4.52 Å². The summed E-state index contributed by atoms with van der Waals surface area (Å²) in [4.78, 5) is 18.6. The maximum atomic E-state index is 10.9. The molecule has 0 spiro atoms. The van der Waals surface area contributed by atoms with Crippen LogP contribution in [0.1, 0.15) is 0 Å². The summed E-state index contributed by atoms with van der Waals surface area (Å²) in [5, 5.41) is 53.0. The van der Waals surface area contributed by atoms with Crippen molar-refractivity contribution in [2.45, 2.75) is 30.7 Å². The molecule has 1 aliphatic heterocycles. The molecular formula is C12H18NO12P. The number of rotatable bonds is 5. The highest BCUT2D eigenvalue weighted by Crippen LogP contribution is 2.43. The molecule has 1 heterocycles. The predicted molar refractivity (Wildman–Crippen MR) is 81.0 cm³/mol. The van der Waals surface area contributed by atoms with Gasteiger partial charge in [0.25, 0.3) is 0 Å². The Balaban J connectivity index is 0.000000263. The molecule has 0 bridgehead atoms. The summed E-state index contributed by atoms with van der Waals surface area (Å²) in [6, 6.07) is 7.48. The number of benzene rings is 1. The smallest absolute Gasteiger partial charge is 0.406 e. The fourth-order valence-electron chi connectivity index (χ4n) is 1.80. The highest BCUT2D eigenvalue weighted by molar-refractivity contribution is 7.47. The second-order valence-electron chi connectivity index (χ2n) is 4.90. The minimum absolute atomic E-state index is 0.0141. The molecule has 0 radical (unpaired) electrons. The molecule has 1 aliphatic rings. The fraction of sp³-hybridized carbons (Fsp3) is 0.500. The largest absolute Gasteiger partial charge is 0.557 e. The van der Waals surface area contributed by atoms with Crippen LogP contribution in [0.25, 0.3) is 0 Å². The van der Waals surface area contributed by atoms with Gasteiger partial charge >= 0.3 is 12.9 Å². The van der Waals surface area contributed by atoms with Crippen molar-refractivity contribution in [1.29, 1.82) is 0 Å². The van der Waals surface area contributed by atoms with E-state index in [1.807, 2.05) is 0 Å². The molecule has 1 unspecified atom stereocenters. The molecule has 1 aromatic carbocycles. The molecule has 2 rings (SSSR count). The van der Waals surface area contributed by atoms with Crippen LogP contribution >= 0.6 is 7.82 Å². The molecule has 13 nitrogen and oxygen atoms in total. The number of ether oxygens (including phenoxy) is 1. The summed E-state index contributed by atoms with van der Waals surface area (Å²) in [7, 11) is -4.67. The molecule has 26 heavy (non-hydrogen) atoms. The number of phosphoric ester groups is 1. The molecular weight excluding hydrogens is 381 g/mol. The van der Waals surface area contributed by atoms with E-state index in [-0.39, 0.29) is 5.75 Å². The van der Waals surface area contributed by atoms with Gasteiger partial charge in [-0.3, -0.25) is 4.89 Å². The van der Waals surface area contributed by atoms with Gasteiger partial charge in [-0.1, -0.05) is 18.2 Å². The molecule has 14 heteroatoms. The standard InChI is InChI=1S/C6H6NO6P.C6H12O6/c8-7(9)13-14(10,11)12-6-4-2-1-3-5-6;7-1-2-3(8)4(9)5(10)6(11)12-2/h1-5H,(H,10,11);2-11H,1H2/t;2-,3+,4+,5-,6-/m.1/s1. The van der Waals surface area contributed by atoms with Gasteiger partial charge in [0.1, 0.15) is 30.2 Å². The lowest BCUT2D eigenvalue weighted by Crippen LogP contribution is -2.58. The minimum atomic E-state index is -4.67. The van der Waals surface area contributed by atoms with E-state index in [0.29, 0.717) is 0 Å². The van der Waals surface area contributed by atoms with E-state index in [2.05, 4.69) is 13.9 Å². The van der Waals surface area contributed by atoms with Gasteiger partial charge in [0, 0.05) is 0 Å². The minimum Gasteiger partial charge on any atom is -0.406 e. The zero-order chi connectivity index (χ0) is 19.9. The SMILES string of the molecule is O=[N+]([O-])OP(=O)(O)Oc1ccccc1.OC[C@H]1O[C@@H](O)[C@H](O)[C@@H](O)[C@H]1O. The van der Waals surface area contributed by atoms with E-state index in [4.69, 9.17) is 30.4 Å². The van der Waals surface area contributed by atoms with Gasteiger partial charge in [-0.15, -0.1) is 10.1 Å². The number of nitrogens with zero attached hydrogens (tertiary/aromatic N) is 1. The topological polar surface area (TPSA) is 209 Å².